The van der Waals surface area contributed by atoms with Gasteiger partial charge in [-0.05, 0) is 42.0 Å². The van der Waals surface area contributed by atoms with Crippen molar-refractivity contribution < 1.29 is 9.60 Å². The number of rotatable bonds is 4. The summed E-state index contributed by atoms with van der Waals surface area (Å²) >= 11 is 13.4. The van der Waals surface area contributed by atoms with Crippen LogP contribution in [0, 0.1) is 5.82 Å². The van der Waals surface area contributed by atoms with Gasteiger partial charge in [-0.2, -0.15) is 0 Å². The Labute approximate surface area is 135 Å². The van der Waals surface area contributed by atoms with E-state index in [0.717, 1.165) is 4.90 Å². The van der Waals surface area contributed by atoms with Crippen molar-refractivity contribution in [2.24, 2.45) is 10.9 Å². The largest absolute Gasteiger partial charge is 0.409 e. The highest BCUT2D eigenvalue weighted by atomic mass is 35.5. The monoisotopic (exact) mass is 344 g/mol. The lowest BCUT2D eigenvalue weighted by atomic mass is 10.1. The van der Waals surface area contributed by atoms with E-state index >= 15 is 0 Å². The molecule has 3 nitrogen and oxygen atoms in total. The molecule has 2 aromatic rings. The smallest absolute Gasteiger partial charge is 0.170 e. The van der Waals surface area contributed by atoms with Crippen molar-refractivity contribution in [3.8, 4) is 0 Å². The lowest BCUT2D eigenvalue weighted by molar-refractivity contribution is 0.318. The van der Waals surface area contributed by atoms with Crippen LogP contribution in [0.1, 0.15) is 11.1 Å². The van der Waals surface area contributed by atoms with Gasteiger partial charge in [-0.15, -0.1) is 11.8 Å². The molecule has 0 bridgehead atoms. The first-order valence-corrected chi connectivity index (χ1v) is 7.59. The molecule has 0 aliphatic heterocycles. The van der Waals surface area contributed by atoms with Crippen molar-refractivity contribution in [3.05, 3.63) is 63.4 Å². The molecule has 21 heavy (non-hydrogen) atoms. The van der Waals surface area contributed by atoms with Crippen LogP contribution in [-0.2, 0) is 5.75 Å². The number of halogens is 3. The van der Waals surface area contributed by atoms with Gasteiger partial charge in [0.1, 0.15) is 5.82 Å². The summed E-state index contributed by atoms with van der Waals surface area (Å²) in [5.41, 5.74) is 6.49. The Balaban J connectivity index is 2.20. The summed E-state index contributed by atoms with van der Waals surface area (Å²) in [7, 11) is 0. The molecule has 7 heteroatoms. The quantitative estimate of drug-likeness (QED) is 0.282. The van der Waals surface area contributed by atoms with Crippen LogP contribution < -0.4 is 5.73 Å². The Bertz CT molecular complexity index is 695. The third-order valence-electron chi connectivity index (χ3n) is 2.65. The van der Waals surface area contributed by atoms with Crippen molar-refractivity contribution in [2.45, 2.75) is 10.6 Å². The summed E-state index contributed by atoms with van der Waals surface area (Å²) in [4.78, 5) is 0.804. The predicted octanol–water partition coefficient (Wildman–Crippen LogP) is 4.52. The highest BCUT2D eigenvalue weighted by molar-refractivity contribution is 7.98. The third-order valence-corrected chi connectivity index (χ3v) is 4.45. The van der Waals surface area contributed by atoms with Crippen LogP contribution in [0.3, 0.4) is 0 Å². The minimum absolute atomic E-state index is 0.137. The minimum atomic E-state index is -0.452. The van der Waals surface area contributed by atoms with Gasteiger partial charge in [0, 0.05) is 21.2 Å². The van der Waals surface area contributed by atoms with Gasteiger partial charge < -0.3 is 10.9 Å². The predicted molar refractivity (Wildman–Crippen MR) is 84.9 cm³/mol. The second-order valence-corrected chi connectivity index (χ2v) is 6.06. The van der Waals surface area contributed by atoms with E-state index < -0.39 is 5.82 Å². The maximum Gasteiger partial charge on any atom is 0.170 e. The number of thioether (sulfide) groups is 1. The molecule has 0 aromatic heterocycles. The van der Waals surface area contributed by atoms with E-state index in [2.05, 4.69) is 5.16 Å². The van der Waals surface area contributed by atoms with Gasteiger partial charge in [-0.1, -0.05) is 28.4 Å². The fourth-order valence-corrected chi connectivity index (χ4v) is 3.11. The van der Waals surface area contributed by atoms with Crippen LogP contribution in [0.25, 0.3) is 0 Å². The Morgan fingerprint density at radius 2 is 2.00 bits per heavy atom. The Hall–Kier alpha value is -1.43. The molecule has 0 unspecified atom stereocenters. The van der Waals surface area contributed by atoms with E-state index in [1.807, 2.05) is 0 Å². The summed E-state index contributed by atoms with van der Waals surface area (Å²) in [5.74, 6) is -0.114. The van der Waals surface area contributed by atoms with Crippen LogP contribution in [0.4, 0.5) is 4.39 Å². The molecule has 0 amide bonds. The van der Waals surface area contributed by atoms with Crippen molar-refractivity contribution in [2.75, 3.05) is 0 Å². The molecule has 0 saturated carbocycles. The van der Waals surface area contributed by atoms with Gasteiger partial charge in [0.25, 0.3) is 0 Å². The van der Waals surface area contributed by atoms with Crippen molar-refractivity contribution >= 4 is 40.8 Å². The molecule has 0 atom stereocenters. The molecule has 0 saturated heterocycles. The molecule has 0 spiro atoms. The lowest BCUT2D eigenvalue weighted by Crippen LogP contribution is -2.13. The zero-order valence-corrected chi connectivity index (χ0v) is 13.0. The second kappa shape index (κ2) is 7.02. The number of benzene rings is 2. The molecule has 0 aliphatic carbocycles. The van der Waals surface area contributed by atoms with E-state index in [-0.39, 0.29) is 5.84 Å². The summed E-state index contributed by atoms with van der Waals surface area (Å²) < 4.78 is 13.5. The molecule has 0 fully saturated rings. The van der Waals surface area contributed by atoms with Gasteiger partial charge >= 0.3 is 0 Å². The Kier molecular flexibility index (Phi) is 5.33. The number of hydrogen-bond donors (Lipinski definition) is 2. The van der Waals surface area contributed by atoms with E-state index in [9.17, 15) is 4.39 Å². The van der Waals surface area contributed by atoms with Gasteiger partial charge in [-0.25, -0.2) is 4.39 Å². The van der Waals surface area contributed by atoms with Crippen LogP contribution in [-0.4, -0.2) is 11.0 Å². The van der Waals surface area contributed by atoms with E-state index in [0.29, 0.717) is 26.9 Å². The van der Waals surface area contributed by atoms with E-state index in [1.54, 1.807) is 24.3 Å². The highest BCUT2D eigenvalue weighted by Gasteiger charge is 2.07. The zero-order chi connectivity index (χ0) is 15.4. The van der Waals surface area contributed by atoms with Gasteiger partial charge in [0.2, 0.25) is 0 Å². The van der Waals surface area contributed by atoms with Crippen LogP contribution in [0.15, 0.2) is 46.4 Å². The molecule has 3 N–H and O–H groups in total. The number of amidine groups is 1. The normalized spacial score (nSPS) is 11.7. The summed E-state index contributed by atoms with van der Waals surface area (Å²) in [6.07, 6.45) is 0. The molecule has 0 aliphatic rings. The standard InChI is InChI=1S/C14H11Cl2FN2OS/c15-10-1-2-12(16)13(6-10)21-7-8-3-9(14(18)19-20)5-11(17)4-8/h1-6,20H,7H2,(H2,18,19). The molecule has 0 heterocycles. The summed E-state index contributed by atoms with van der Waals surface area (Å²) in [6, 6.07) is 9.41. The SMILES string of the molecule is N/C(=N/O)c1cc(F)cc(CSc2cc(Cl)ccc2Cl)c1. The maximum absolute atomic E-state index is 13.5. The van der Waals surface area contributed by atoms with Crippen molar-refractivity contribution in [1.29, 1.82) is 0 Å². The fraction of sp³-hybridized carbons (Fsp3) is 0.0714. The van der Waals surface area contributed by atoms with Gasteiger partial charge in [0.15, 0.2) is 5.84 Å². The van der Waals surface area contributed by atoms with E-state index in [1.165, 1.54) is 23.9 Å². The molecule has 2 aromatic carbocycles. The highest BCUT2D eigenvalue weighted by Crippen LogP contribution is 2.32. The topological polar surface area (TPSA) is 58.6 Å². The van der Waals surface area contributed by atoms with Gasteiger partial charge in [0.05, 0.1) is 5.02 Å². The average Bonchev–Trinajstić information content (AvgIpc) is 2.46. The fourth-order valence-electron chi connectivity index (χ4n) is 1.69. The molecular weight excluding hydrogens is 334 g/mol. The average molecular weight is 345 g/mol. The van der Waals surface area contributed by atoms with Gasteiger partial charge in [-0.3, -0.25) is 0 Å². The first-order chi connectivity index (χ1) is 9.99. The number of oxime groups is 1. The Morgan fingerprint density at radius 3 is 2.71 bits per heavy atom. The van der Waals surface area contributed by atoms with Crippen molar-refractivity contribution in [3.63, 3.8) is 0 Å². The van der Waals surface area contributed by atoms with E-state index in [4.69, 9.17) is 34.1 Å². The van der Waals surface area contributed by atoms with Crippen molar-refractivity contribution in [1.82, 2.24) is 0 Å². The third kappa shape index (κ3) is 4.27. The first kappa shape index (κ1) is 15.9. The zero-order valence-electron chi connectivity index (χ0n) is 10.7. The molecule has 110 valence electrons. The lowest BCUT2D eigenvalue weighted by Gasteiger charge is -2.07. The molecule has 0 radical (unpaired) electrons. The number of hydrogen-bond acceptors (Lipinski definition) is 3. The maximum atomic E-state index is 13.5. The minimum Gasteiger partial charge on any atom is -0.409 e. The first-order valence-electron chi connectivity index (χ1n) is 5.85. The number of nitrogens with two attached hydrogens (primary N) is 1. The summed E-state index contributed by atoms with van der Waals surface area (Å²) in [6.45, 7) is 0. The Morgan fingerprint density at radius 1 is 1.24 bits per heavy atom. The van der Waals surface area contributed by atoms with Crippen LogP contribution in [0.5, 0.6) is 0 Å². The second-order valence-electron chi connectivity index (χ2n) is 4.20. The number of nitrogens with zero attached hydrogens (tertiary/aromatic N) is 1. The van der Waals surface area contributed by atoms with Crippen LogP contribution >= 0.6 is 35.0 Å². The summed E-state index contributed by atoms with van der Waals surface area (Å²) in [5, 5.41) is 12.7. The molecular formula is C14H11Cl2FN2OS. The van der Waals surface area contributed by atoms with Crippen LogP contribution in [0.2, 0.25) is 10.0 Å². The molecule has 2 rings (SSSR count).